The molecule has 1 fully saturated rings. The van der Waals surface area contributed by atoms with Crippen molar-refractivity contribution in [3.8, 4) is 28.7 Å². The Balaban J connectivity index is 1.17. The summed E-state index contributed by atoms with van der Waals surface area (Å²) in [4.78, 5) is 4.70. The molecule has 0 spiro atoms. The van der Waals surface area contributed by atoms with Crippen LogP contribution in [0, 0.1) is 0 Å². The van der Waals surface area contributed by atoms with Crippen molar-refractivity contribution in [2.45, 2.75) is 11.4 Å². The monoisotopic (exact) mass is 526 g/mol. The highest BCUT2D eigenvalue weighted by atomic mass is 32.2. The van der Waals surface area contributed by atoms with Crippen molar-refractivity contribution in [1.82, 2.24) is 4.90 Å². The Kier molecular flexibility index (Phi) is 7.29. The topological polar surface area (TPSA) is 86.8 Å². The third-order valence-corrected chi connectivity index (χ3v) is 7.68. The fourth-order valence-corrected chi connectivity index (χ4v) is 5.41. The van der Waals surface area contributed by atoms with E-state index in [1.54, 1.807) is 32.4 Å². The van der Waals surface area contributed by atoms with Gasteiger partial charge in [-0.2, -0.15) is 8.42 Å². The van der Waals surface area contributed by atoms with Crippen molar-refractivity contribution in [3.05, 3.63) is 66.2 Å². The minimum Gasteiger partial charge on any atom is -0.493 e. The molecule has 0 aliphatic carbocycles. The summed E-state index contributed by atoms with van der Waals surface area (Å²) in [6.45, 7) is 5.19. The van der Waals surface area contributed by atoms with Gasteiger partial charge in [0.15, 0.2) is 23.0 Å². The van der Waals surface area contributed by atoms with Gasteiger partial charge in [0.25, 0.3) is 0 Å². The maximum absolute atomic E-state index is 12.8. The van der Waals surface area contributed by atoms with Crippen LogP contribution in [0.3, 0.4) is 0 Å². The van der Waals surface area contributed by atoms with Crippen molar-refractivity contribution < 1.29 is 31.5 Å². The van der Waals surface area contributed by atoms with Crippen LogP contribution in [0.1, 0.15) is 5.56 Å². The quantitative estimate of drug-likeness (QED) is 0.409. The summed E-state index contributed by atoms with van der Waals surface area (Å²) in [6.07, 6.45) is 0. The molecule has 2 aliphatic rings. The summed E-state index contributed by atoms with van der Waals surface area (Å²) in [5, 5.41) is 0. The lowest BCUT2D eigenvalue weighted by atomic mass is 10.1. The molecule has 0 amide bonds. The molecule has 9 nitrogen and oxygen atoms in total. The standard InChI is InChI=1S/C27H30N2O7S/c1-32-24-9-3-20(17-26(24)33-2)19-28-11-13-29(14-12-28)21-4-6-22(7-5-21)36-37(30,31)23-8-10-25-27(18-23)35-16-15-34-25/h3-10,17-18H,11-16,19H2,1-2H3. The zero-order valence-electron chi connectivity index (χ0n) is 20.9. The number of methoxy groups -OCH3 is 2. The molecule has 0 unspecified atom stereocenters. The van der Waals surface area contributed by atoms with Crippen molar-refractivity contribution in [1.29, 1.82) is 0 Å². The lowest BCUT2D eigenvalue weighted by Crippen LogP contribution is -2.45. The van der Waals surface area contributed by atoms with Crippen LogP contribution in [0.15, 0.2) is 65.6 Å². The second kappa shape index (κ2) is 10.8. The Labute approximate surface area is 217 Å². The average Bonchev–Trinajstić information content (AvgIpc) is 2.93. The van der Waals surface area contributed by atoms with Gasteiger partial charge in [-0.1, -0.05) is 6.07 Å². The molecule has 0 N–H and O–H groups in total. The van der Waals surface area contributed by atoms with Gasteiger partial charge in [0.2, 0.25) is 0 Å². The Morgan fingerprint density at radius 3 is 2.19 bits per heavy atom. The Bertz CT molecular complexity index is 1340. The highest BCUT2D eigenvalue weighted by Gasteiger charge is 2.22. The molecule has 2 aliphatic heterocycles. The fourth-order valence-electron chi connectivity index (χ4n) is 4.47. The summed E-state index contributed by atoms with van der Waals surface area (Å²) in [5.74, 6) is 2.64. The van der Waals surface area contributed by atoms with Gasteiger partial charge in [0, 0.05) is 44.5 Å². The van der Waals surface area contributed by atoms with E-state index < -0.39 is 10.1 Å². The molecule has 2 heterocycles. The van der Waals surface area contributed by atoms with Crippen molar-refractivity contribution in [2.75, 3.05) is 58.5 Å². The average molecular weight is 527 g/mol. The van der Waals surface area contributed by atoms with Gasteiger partial charge in [-0.3, -0.25) is 4.90 Å². The molecule has 0 atom stereocenters. The van der Waals surface area contributed by atoms with E-state index in [1.807, 2.05) is 24.3 Å². The normalized spacial score (nSPS) is 15.8. The lowest BCUT2D eigenvalue weighted by Gasteiger charge is -2.36. The van der Waals surface area contributed by atoms with Crippen LogP contribution in [0.5, 0.6) is 28.7 Å². The largest absolute Gasteiger partial charge is 0.493 e. The molecule has 0 bridgehead atoms. The van der Waals surface area contributed by atoms with Gasteiger partial charge in [0.1, 0.15) is 23.9 Å². The van der Waals surface area contributed by atoms with E-state index in [0.717, 1.165) is 49.9 Å². The number of nitrogens with zero attached hydrogens (tertiary/aromatic N) is 2. The van der Waals surface area contributed by atoms with Gasteiger partial charge in [-0.25, -0.2) is 0 Å². The molecule has 196 valence electrons. The molecule has 37 heavy (non-hydrogen) atoms. The van der Waals surface area contributed by atoms with Gasteiger partial charge >= 0.3 is 10.1 Å². The second-order valence-electron chi connectivity index (χ2n) is 8.79. The third kappa shape index (κ3) is 5.70. The van der Waals surface area contributed by atoms with E-state index in [-0.39, 0.29) is 10.6 Å². The number of anilines is 1. The number of benzene rings is 3. The van der Waals surface area contributed by atoms with Gasteiger partial charge in [-0.15, -0.1) is 0 Å². The van der Waals surface area contributed by atoms with Crippen LogP contribution >= 0.6 is 0 Å². The molecule has 1 saturated heterocycles. The van der Waals surface area contributed by atoms with Gasteiger partial charge in [0.05, 0.1) is 14.2 Å². The first-order chi connectivity index (χ1) is 17.9. The highest BCUT2D eigenvalue weighted by Crippen LogP contribution is 2.33. The zero-order chi connectivity index (χ0) is 25.8. The second-order valence-corrected chi connectivity index (χ2v) is 10.3. The number of hydrogen-bond donors (Lipinski definition) is 0. The third-order valence-electron chi connectivity index (χ3n) is 6.44. The van der Waals surface area contributed by atoms with Crippen LogP contribution in [0.2, 0.25) is 0 Å². The first-order valence-electron chi connectivity index (χ1n) is 12.1. The first kappa shape index (κ1) is 25.0. The Morgan fingerprint density at radius 2 is 1.49 bits per heavy atom. The predicted molar refractivity (Wildman–Crippen MR) is 139 cm³/mol. The van der Waals surface area contributed by atoms with E-state index >= 15 is 0 Å². The maximum Gasteiger partial charge on any atom is 0.339 e. The summed E-state index contributed by atoms with van der Waals surface area (Å²) in [7, 11) is -0.727. The molecule has 0 radical (unpaired) electrons. The van der Waals surface area contributed by atoms with Gasteiger partial charge in [-0.05, 0) is 54.1 Å². The van der Waals surface area contributed by atoms with E-state index in [1.165, 1.54) is 17.7 Å². The number of piperazine rings is 1. The van der Waals surface area contributed by atoms with Crippen molar-refractivity contribution in [2.24, 2.45) is 0 Å². The lowest BCUT2D eigenvalue weighted by molar-refractivity contribution is 0.171. The van der Waals surface area contributed by atoms with Crippen LogP contribution in [-0.4, -0.2) is 66.9 Å². The van der Waals surface area contributed by atoms with Crippen molar-refractivity contribution >= 4 is 15.8 Å². The molecule has 0 saturated carbocycles. The van der Waals surface area contributed by atoms with Crippen LogP contribution in [-0.2, 0) is 16.7 Å². The van der Waals surface area contributed by atoms with Crippen LogP contribution < -0.4 is 28.0 Å². The molecular formula is C27H30N2O7S. The van der Waals surface area contributed by atoms with Crippen LogP contribution in [0.25, 0.3) is 0 Å². The van der Waals surface area contributed by atoms with Gasteiger partial charge < -0.3 is 28.0 Å². The molecular weight excluding hydrogens is 496 g/mol. The summed E-state index contributed by atoms with van der Waals surface area (Å²) < 4.78 is 52.6. The number of rotatable bonds is 8. The van der Waals surface area contributed by atoms with E-state index in [2.05, 4.69) is 15.9 Å². The molecule has 3 aromatic rings. The Hall–Kier alpha value is -3.63. The van der Waals surface area contributed by atoms with Crippen molar-refractivity contribution in [3.63, 3.8) is 0 Å². The highest BCUT2D eigenvalue weighted by molar-refractivity contribution is 7.87. The molecule has 10 heteroatoms. The molecule has 3 aromatic carbocycles. The smallest absolute Gasteiger partial charge is 0.339 e. The first-order valence-corrected chi connectivity index (χ1v) is 13.5. The number of hydrogen-bond acceptors (Lipinski definition) is 9. The number of ether oxygens (including phenoxy) is 4. The SMILES string of the molecule is COc1ccc(CN2CCN(c3ccc(OS(=O)(=O)c4ccc5c(c4)OCCO5)cc3)CC2)cc1OC. The summed E-state index contributed by atoms with van der Waals surface area (Å²) in [5.41, 5.74) is 2.20. The van der Waals surface area contributed by atoms with E-state index in [9.17, 15) is 8.42 Å². The fraction of sp³-hybridized carbons (Fsp3) is 0.333. The molecule has 0 aromatic heterocycles. The van der Waals surface area contributed by atoms with E-state index in [4.69, 9.17) is 23.1 Å². The predicted octanol–water partition coefficient (Wildman–Crippen LogP) is 3.56. The summed E-state index contributed by atoms with van der Waals surface area (Å²) in [6, 6.07) is 17.6. The molecule has 5 rings (SSSR count). The number of fused-ring (bicyclic) bond motifs is 1. The summed E-state index contributed by atoms with van der Waals surface area (Å²) >= 11 is 0. The maximum atomic E-state index is 12.8. The minimum atomic E-state index is -4.00. The Morgan fingerprint density at radius 1 is 0.784 bits per heavy atom. The zero-order valence-corrected chi connectivity index (χ0v) is 21.7. The minimum absolute atomic E-state index is 0.0198. The van der Waals surface area contributed by atoms with Crippen LogP contribution in [0.4, 0.5) is 5.69 Å². The van der Waals surface area contributed by atoms with E-state index in [0.29, 0.717) is 24.7 Å².